The van der Waals surface area contributed by atoms with Crippen LogP contribution >= 0.6 is 0 Å². The molecule has 0 spiro atoms. The van der Waals surface area contributed by atoms with Crippen LogP contribution in [0.3, 0.4) is 0 Å². The van der Waals surface area contributed by atoms with Crippen LogP contribution in [-0.2, 0) is 11.3 Å². The molecular weight excluding hydrogens is 356 g/mol. The van der Waals surface area contributed by atoms with E-state index in [0.717, 1.165) is 35.6 Å². The Bertz CT molecular complexity index is 878. The molecule has 0 amide bonds. The van der Waals surface area contributed by atoms with E-state index in [1.54, 1.807) is 13.1 Å². The normalized spacial score (nSPS) is 30.7. The molecule has 0 aromatic carbocycles. The van der Waals surface area contributed by atoms with Gasteiger partial charge in [-0.1, -0.05) is 0 Å². The molecule has 4 aliphatic rings. The molecule has 28 heavy (non-hydrogen) atoms. The van der Waals surface area contributed by atoms with Crippen molar-refractivity contribution in [1.82, 2.24) is 20.0 Å². The predicted octanol–water partition coefficient (Wildman–Crippen LogP) is 3.68. The first-order valence-corrected chi connectivity index (χ1v) is 10.5. The summed E-state index contributed by atoms with van der Waals surface area (Å²) in [5, 5.41) is 21.4. The predicted molar refractivity (Wildman–Crippen MR) is 103 cm³/mol. The second-order valence-corrected chi connectivity index (χ2v) is 9.24. The average molecular weight is 384 g/mol. The highest BCUT2D eigenvalue weighted by atomic mass is 16.5. The molecular formula is C21H28N4O3. The Morgan fingerprint density at radius 1 is 1.29 bits per heavy atom. The third kappa shape index (κ3) is 2.74. The molecule has 0 radical (unpaired) electrons. The number of rotatable bonds is 5. The van der Waals surface area contributed by atoms with Crippen molar-refractivity contribution in [2.75, 3.05) is 6.61 Å². The van der Waals surface area contributed by atoms with Crippen LogP contribution in [0.2, 0.25) is 0 Å². The summed E-state index contributed by atoms with van der Waals surface area (Å²) in [5.74, 6) is 1.87. The number of carbonyl (C=O) groups excluding carboxylic acids is 1. The van der Waals surface area contributed by atoms with Crippen LogP contribution < -0.4 is 0 Å². The SMILES string of the molecule is CCOC(=O)c1c(-c2cnn(CC34CC5CC(CC(C5)C3)C4)c2C)n[nH]c1O. The van der Waals surface area contributed by atoms with Crippen LogP contribution in [0.5, 0.6) is 5.88 Å². The maximum atomic E-state index is 12.3. The molecule has 2 aromatic rings. The molecule has 7 nitrogen and oxygen atoms in total. The third-order valence-electron chi connectivity index (χ3n) is 7.24. The molecule has 7 heteroatoms. The van der Waals surface area contributed by atoms with Gasteiger partial charge in [-0.15, -0.1) is 0 Å². The Kier molecular flexibility index (Phi) is 4.03. The highest BCUT2D eigenvalue weighted by Crippen LogP contribution is 2.60. The molecule has 150 valence electrons. The van der Waals surface area contributed by atoms with Crippen molar-refractivity contribution in [2.24, 2.45) is 23.2 Å². The molecule has 4 bridgehead atoms. The maximum absolute atomic E-state index is 12.3. The first-order valence-electron chi connectivity index (χ1n) is 10.5. The summed E-state index contributed by atoms with van der Waals surface area (Å²) in [5.41, 5.74) is 2.61. The van der Waals surface area contributed by atoms with Crippen LogP contribution in [0.25, 0.3) is 11.3 Å². The summed E-state index contributed by atoms with van der Waals surface area (Å²) in [6.45, 7) is 4.94. The largest absolute Gasteiger partial charge is 0.493 e. The zero-order valence-electron chi connectivity index (χ0n) is 16.6. The lowest BCUT2D eigenvalue weighted by molar-refractivity contribution is -0.0638. The minimum Gasteiger partial charge on any atom is -0.493 e. The van der Waals surface area contributed by atoms with E-state index in [0.29, 0.717) is 11.1 Å². The quantitative estimate of drug-likeness (QED) is 0.767. The lowest BCUT2D eigenvalue weighted by Gasteiger charge is -2.56. The van der Waals surface area contributed by atoms with Crippen LogP contribution in [-0.4, -0.2) is 37.7 Å². The molecule has 4 fully saturated rings. The number of H-pyrrole nitrogens is 1. The zero-order chi connectivity index (χ0) is 19.5. The number of hydrogen-bond donors (Lipinski definition) is 2. The summed E-state index contributed by atoms with van der Waals surface area (Å²) in [4.78, 5) is 12.3. The highest BCUT2D eigenvalue weighted by molar-refractivity contribution is 5.98. The van der Waals surface area contributed by atoms with Gasteiger partial charge in [0.2, 0.25) is 5.88 Å². The van der Waals surface area contributed by atoms with E-state index in [9.17, 15) is 9.90 Å². The fourth-order valence-electron chi connectivity index (χ4n) is 6.56. The number of aromatic hydroxyl groups is 1. The molecule has 2 aromatic heterocycles. The van der Waals surface area contributed by atoms with Gasteiger partial charge >= 0.3 is 5.97 Å². The molecule has 4 aliphatic carbocycles. The Hall–Kier alpha value is -2.31. The van der Waals surface area contributed by atoms with Gasteiger partial charge in [-0.3, -0.25) is 4.68 Å². The molecule has 0 saturated heterocycles. The summed E-state index contributed by atoms with van der Waals surface area (Å²) in [6, 6.07) is 0. The van der Waals surface area contributed by atoms with E-state index in [1.807, 2.05) is 6.92 Å². The number of nitrogens with one attached hydrogen (secondary N) is 1. The smallest absolute Gasteiger partial charge is 0.345 e. The topological polar surface area (TPSA) is 93.0 Å². The number of nitrogens with zero attached hydrogens (tertiary/aromatic N) is 3. The Labute approximate surface area is 164 Å². The van der Waals surface area contributed by atoms with Gasteiger partial charge < -0.3 is 9.84 Å². The van der Waals surface area contributed by atoms with E-state index in [4.69, 9.17) is 4.74 Å². The van der Waals surface area contributed by atoms with Gasteiger partial charge in [0.25, 0.3) is 0 Å². The van der Waals surface area contributed by atoms with E-state index in [-0.39, 0.29) is 18.1 Å². The minimum absolute atomic E-state index is 0.0827. The van der Waals surface area contributed by atoms with Gasteiger partial charge in [0.05, 0.1) is 12.8 Å². The fraction of sp³-hybridized carbons (Fsp3) is 0.667. The minimum atomic E-state index is -0.572. The molecule has 4 saturated carbocycles. The van der Waals surface area contributed by atoms with Gasteiger partial charge in [-0.05, 0) is 75.5 Å². The number of hydrogen-bond acceptors (Lipinski definition) is 5. The van der Waals surface area contributed by atoms with Gasteiger partial charge in [-0.25, -0.2) is 9.89 Å². The van der Waals surface area contributed by atoms with Gasteiger partial charge in [0.15, 0.2) is 0 Å². The van der Waals surface area contributed by atoms with E-state index in [1.165, 1.54) is 38.5 Å². The van der Waals surface area contributed by atoms with Crippen LogP contribution in [0, 0.1) is 30.1 Å². The molecule has 0 aliphatic heterocycles. The number of carbonyl (C=O) groups is 1. The molecule has 6 rings (SSSR count). The number of aromatic nitrogens is 4. The van der Waals surface area contributed by atoms with Crippen molar-refractivity contribution in [3.05, 3.63) is 17.5 Å². The van der Waals surface area contributed by atoms with E-state index in [2.05, 4.69) is 20.0 Å². The molecule has 2 heterocycles. The fourth-order valence-corrected chi connectivity index (χ4v) is 6.56. The van der Waals surface area contributed by atoms with Crippen molar-refractivity contribution in [2.45, 2.75) is 58.9 Å². The zero-order valence-corrected chi connectivity index (χ0v) is 16.6. The monoisotopic (exact) mass is 384 g/mol. The highest BCUT2D eigenvalue weighted by Gasteiger charge is 2.51. The molecule has 0 atom stereocenters. The van der Waals surface area contributed by atoms with Crippen molar-refractivity contribution in [1.29, 1.82) is 0 Å². The van der Waals surface area contributed by atoms with Crippen molar-refractivity contribution >= 4 is 5.97 Å². The van der Waals surface area contributed by atoms with Crippen LogP contribution in [0.4, 0.5) is 0 Å². The van der Waals surface area contributed by atoms with Gasteiger partial charge in [0.1, 0.15) is 11.3 Å². The first-order chi connectivity index (χ1) is 13.5. The van der Waals surface area contributed by atoms with Crippen molar-refractivity contribution in [3.8, 4) is 17.1 Å². The molecule has 2 N–H and O–H groups in total. The lowest BCUT2D eigenvalue weighted by Crippen LogP contribution is -2.48. The number of aromatic amines is 1. The van der Waals surface area contributed by atoms with E-state index >= 15 is 0 Å². The maximum Gasteiger partial charge on any atom is 0.345 e. The number of esters is 1. The standard InChI is InChI=1S/C21H28N4O3/c1-3-28-20(27)17-18(23-24-19(17)26)16-10-22-25(12(16)2)11-21-7-13-4-14(8-21)6-15(5-13)9-21/h10,13-15H,3-9,11H2,1-2H3,(H2,23,24,26). The van der Waals surface area contributed by atoms with Crippen molar-refractivity contribution in [3.63, 3.8) is 0 Å². The third-order valence-corrected chi connectivity index (χ3v) is 7.24. The van der Waals surface area contributed by atoms with Crippen LogP contribution in [0.1, 0.15) is 61.5 Å². The van der Waals surface area contributed by atoms with Crippen LogP contribution in [0.15, 0.2) is 6.20 Å². The Morgan fingerprint density at radius 3 is 2.54 bits per heavy atom. The average Bonchev–Trinajstić information content (AvgIpc) is 3.17. The molecule has 0 unspecified atom stereocenters. The second-order valence-electron chi connectivity index (χ2n) is 9.24. The summed E-state index contributed by atoms with van der Waals surface area (Å²) in [6.07, 6.45) is 10.0. The summed E-state index contributed by atoms with van der Waals surface area (Å²) < 4.78 is 7.17. The second kappa shape index (κ2) is 6.36. The first kappa shape index (κ1) is 17.8. The summed E-state index contributed by atoms with van der Waals surface area (Å²) in [7, 11) is 0. The Balaban J connectivity index is 1.44. The summed E-state index contributed by atoms with van der Waals surface area (Å²) >= 11 is 0. The van der Waals surface area contributed by atoms with E-state index < -0.39 is 5.97 Å². The lowest BCUT2D eigenvalue weighted by atomic mass is 9.49. The van der Waals surface area contributed by atoms with Crippen molar-refractivity contribution < 1.29 is 14.6 Å². The van der Waals surface area contributed by atoms with Gasteiger partial charge in [-0.2, -0.15) is 10.2 Å². The Morgan fingerprint density at radius 2 is 1.93 bits per heavy atom. The van der Waals surface area contributed by atoms with Gasteiger partial charge in [0, 0.05) is 17.8 Å². The number of ether oxygens (including phenoxy) is 1.